The van der Waals surface area contributed by atoms with Gasteiger partial charge >= 0.3 is 0 Å². The number of carbonyl (C=O) groups excluding carboxylic acids is 1. The zero-order valence-corrected chi connectivity index (χ0v) is 16.7. The van der Waals surface area contributed by atoms with Gasteiger partial charge in [-0.15, -0.1) is 0 Å². The minimum atomic E-state index is -0.113. The van der Waals surface area contributed by atoms with Crippen LogP contribution in [0.25, 0.3) is 0 Å². The van der Waals surface area contributed by atoms with Crippen molar-refractivity contribution in [1.82, 2.24) is 15.3 Å². The molecule has 148 valence electrons. The zero-order chi connectivity index (χ0) is 19.5. The minimum Gasteiger partial charge on any atom is -0.378 e. The van der Waals surface area contributed by atoms with Gasteiger partial charge in [0.05, 0.1) is 30.5 Å². The van der Waals surface area contributed by atoms with E-state index in [1.165, 1.54) is 24.0 Å². The maximum absolute atomic E-state index is 12.9. The highest BCUT2D eigenvalue weighted by molar-refractivity contribution is 5.95. The number of amides is 1. The van der Waals surface area contributed by atoms with Crippen LogP contribution in [-0.4, -0.2) is 42.2 Å². The van der Waals surface area contributed by atoms with Crippen molar-refractivity contribution >= 4 is 11.9 Å². The first-order chi connectivity index (χ1) is 13.7. The number of aromatic nitrogens is 2. The van der Waals surface area contributed by atoms with Crippen molar-refractivity contribution in [3.8, 4) is 0 Å². The topological polar surface area (TPSA) is 67.3 Å². The second kappa shape index (κ2) is 8.27. The average molecular weight is 380 g/mol. The molecule has 1 fully saturated rings. The second-order valence-electron chi connectivity index (χ2n) is 7.56. The van der Waals surface area contributed by atoms with Gasteiger partial charge in [0.25, 0.3) is 5.91 Å². The van der Waals surface area contributed by atoms with Gasteiger partial charge in [0.1, 0.15) is 0 Å². The predicted octanol–water partition coefficient (Wildman–Crippen LogP) is 2.86. The maximum Gasteiger partial charge on any atom is 0.255 e. The van der Waals surface area contributed by atoms with Gasteiger partial charge in [0, 0.05) is 19.3 Å². The largest absolute Gasteiger partial charge is 0.378 e. The Labute approximate surface area is 166 Å². The molecule has 28 heavy (non-hydrogen) atoms. The van der Waals surface area contributed by atoms with Crippen molar-refractivity contribution in [3.63, 3.8) is 0 Å². The van der Waals surface area contributed by atoms with Crippen LogP contribution in [0.2, 0.25) is 0 Å². The summed E-state index contributed by atoms with van der Waals surface area (Å²) in [6.07, 6.45) is 5.90. The van der Waals surface area contributed by atoms with Gasteiger partial charge in [-0.05, 0) is 49.3 Å². The summed E-state index contributed by atoms with van der Waals surface area (Å²) in [5.41, 5.74) is 5.37. The molecule has 0 bridgehead atoms. The molecule has 1 saturated heterocycles. The van der Waals surface area contributed by atoms with E-state index < -0.39 is 0 Å². The molecule has 6 nitrogen and oxygen atoms in total. The summed E-state index contributed by atoms with van der Waals surface area (Å²) in [5, 5.41) is 3.12. The lowest BCUT2D eigenvalue weighted by Crippen LogP contribution is -2.37. The lowest BCUT2D eigenvalue weighted by molar-refractivity contribution is 0.0938. The summed E-state index contributed by atoms with van der Waals surface area (Å²) < 4.78 is 5.39. The van der Waals surface area contributed by atoms with Gasteiger partial charge < -0.3 is 15.0 Å². The number of hydrogen-bond donors (Lipinski definition) is 1. The fraction of sp³-hybridized carbons (Fsp3) is 0.500. The Balaban J connectivity index is 1.49. The third-order valence-corrected chi connectivity index (χ3v) is 5.70. The molecular weight excluding hydrogens is 352 g/mol. The summed E-state index contributed by atoms with van der Waals surface area (Å²) in [5.74, 6) is 0.571. The molecule has 1 aliphatic carbocycles. The Kier molecular flexibility index (Phi) is 5.57. The molecular formula is C22H28N4O2. The van der Waals surface area contributed by atoms with Gasteiger partial charge in [-0.1, -0.05) is 25.1 Å². The minimum absolute atomic E-state index is 0.0537. The van der Waals surface area contributed by atoms with Crippen LogP contribution in [-0.2, 0) is 24.0 Å². The van der Waals surface area contributed by atoms with Crippen LogP contribution in [0.1, 0.15) is 59.1 Å². The summed E-state index contributed by atoms with van der Waals surface area (Å²) in [6.45, 7) is 6.99. The van der Waals surface area contributed by atoms with Crippen LogP contribution in [0.4, 0.5) is 5.95 Å². The van der Waals surface area contributed by atoms with Crippen molar-refractivity contribution in [2.75, 3.05) is 31.2 Å². The molecule has 0 radical (unpaired) electrons. The van der Waals surface area contributed by atoms with Gasteiger partial charge in [-0.3, -0.25) is 4.79 Å². The van der Waals surface area contributed by atoms with E-state index in [2.05, 4.69) is 38.4 Å². The number of hydrogen-bond acceptors (Lipinski definition) is 5. The highest BCUT2D eigenvalue weighted by Crippen LogP contribution is 2.25. The Bertz CT molecular complexity index is 862. The standard InChI is InChI=1S/C22H28N4O2/c1-3-20-19(14-23-22(25-20)26-9-11-28-12-10-26)21(27)24-15(2)17-8-7-16-5-4-6-18(16)13-17/h7-8,13-15H,3-6,9-12H2,1-2H3,(H,24,27)/t15-/m1/s1. The van der Waals surface area contributed by atoms with Gasteiger partial charge in [-0.2, -0.15) is 0 Å². The van der Waals surface area contributed by atoms with Crippen LogP contribution in [0.15, 0.2) is 24.4 Å². The molecule has 1 N–H and O–H groups in total. The number of ether oxygens (including phenoxy) is 1. The fourth-order valence-corrected chi connectivity index (χ4v) is 4.00. The molecule has 6 heteroatoms. The van der Waals surface area contributed by atoms with Gasteiger partial charge in [0.15, 0.2) is 0 Å². The van der Waals surface area contributed by atoms with Crippen LogP contribution in [0.5, 0.6) is 0 Å². The second-order valence-corrected chi connectivity index (χ2v) is 7.56. The van der Waals surface area contributed by atoms with Crippen molar-refractivity contribution in [2.24, 2.45) is 0 Å². The smallest absolute Gasteiger partial charge is 0.255 e. The number of benzene rings is 1. The predicted molar refractivity (Wildman–Crippen MR) is 109 cm³/mol. The van der Waals surface area contributed by atoms with E-state index in [-0.39, 0.29) is 11.9 Å². The fourth-order valence-electron chi connectivity index (χ4n) is 4.00. The number of fused-ring (bicyclic) bond motifs is 1. The summed E-state index contributed by atoms with van der Waals surface area (Å²) in [4.78, 5) is 24.1. The van der Waals surface area contributed by atoms with Crippen molar-refractivity contribution < 1.29 is 9.53 Å². The third kappa shape index (κ3) is 3.87. The van der Waals surface area contributed by atoms with Gasteiger partial charge in [0.2, 0.25) is 5.95 Å². The number of carbonyl (C=O) groups is 1. The maximum atomic E-state index is 12.9. The molecule has 2 heterocycles. The average Bonchev–Trinajstić information content (AvgIpc) is 3.21. The molecule has 0 saturated carbocycles. The molecule has 1 amide bonds. The van der Waals surface area contributed by atoms with Crippen LogP contribution >= 0.6 is 0 Å². The molecule has 1 aliphatic heterocycles. The van der Waals surface area contributed by atoms with E-state index in [1.807, 2.05) is 13.8 Å². The Morgan fingerprint density at radius 1 is 1.25 bits per heavy atom. The highest BCUT2D eigenvalue weighted by atomic mass is 16.5. The van der Waals surface area contributed by atoms with Crippen LogP contribution in [0.3, 0.4) is 0 Å². The molecule has 2 aromatic rings. The first-order valence-corrected chi connectivity index (χ1v) is 10.3. The van der Waals surface area contributed by atoms with E-state index in [1.54, 1.807) is 6.20 Å². The molecule has 1 aromatic heterocycles. The monoisotopic (exact) mass is 380 g/mol. The molecule has 0 unspecified atom stereocenters. The van der Waals surface area contributed by atoms with Crippen molar-refractivity contribution in [1.29, 1.82) is 0 Å². The molecule has 1 aromatic carbocycles. The number of morpholine rings is 1. The van der Waals surface area contributed by atoms with E-state index in [0.29, 0.717) is 31.1 Å². The van der Waals surface area contributed by atoms with Crippen molar-refractivity contribution in [3.05, 3.63) is 52.3 Å². The Morgan fingerprint density at radius 2 is 2.04 bits per heavy atom. The van der Waals surface area contributed by atoms with Crippen LogP contribution < -0.4 is 10.2 Å². The summed E-state index contributed by atoms with van der Waals surface area (Å²) >= 11 is 0. The third-order valence-electron chi connectivity index (χ3n) is 5.70. The number of rotatable bonds is 5. The lowest BCUT2D eigenvalue weighted by atomic mass is 10.0. The van der Waals surface area contributed by atoms with E-state index in [0.717, 1.165) is 30.8 Å². The summed E-state index contributed by atoms with van der Waals surface area (Å²) in [7, 11) is 0. The molecule has 2 aliphatic rings. The number of nitrogens with one attached hydrogen (secondary N) is 1. The SMILES string of the molecule is CCc1nc(N2CCOCC2)ncc1C(=O)N[C@H](C)c1ccc2c(c1)CCC2. The van der Waals surface area contributed by atoms with Crippen LogP contribution in [0, 0.1) is 0 Å². The number of anilines is 1. The van der Waals surface area contributed by atoms with E-state index >= 15 is 0 Å². The van der Waals surface area contributed by atoms with E-state index in [4.69, 9.17) is 4.74 Å². The Morgan fingerprint density at radius 3 is 2.82 bits per heavy atom. The Hall–Kier alpha value is -2.47. The summed E-state index contributed by atoms with van der Waals surface area (Å²) in [6, 6.07) is 6.53. The van der Waals surface area contributed by atoms with Crippen molar-refractivity contribution in [2.45, 2.75) is 45.6 Å². The van der Waals surface area contributed by atoms with Gasteiger partial charge in [-0.25, -0.2) is 9.97 Å². The van der Waals surface area contributed by atoms with E-state index in [9.17, 15) is 4.79 Å². The highest BCUT2D eigenvalue weighted by Gasteiger charge is 2.20. The number of aryl methyl sites for hydroxylation is 3. The molecule has 4 rings (SSSR count). The lowest BCUT2D eigenvalue weighted by Gasteiger charge is -2.27. The number of nitrogens with zero attached hydrogens (tertiary/aromatic N) is 3. The zero-order valence-electron chi connectivity index (χ0n) is 16.7. The quantitative estimate of drug-likeness (QED) is 0.864. The molecule has 0 spiro atoms. The molecule has 1 atom stereocenters. The first-order valence-electron chi connectivity index (χ1n) is 10.3. The first kappa shape index (κ1) is 18.9. The normalized spacial score (nSPS) is 17.3.